The molecule has 1 aliphatic rings. The Hall–Kier alpha value is -0.400. The van der Waals surface area contributed by atoms with Crippen LogP contribution < -0.4 is 5.32 Å². The van der Waals surface area contributed by atoms with Crippen molar-refractivity contribution in [3.63, 3.8) is 0 Å². The normalized spacial score (nSPS) is 28.2. The number of benzene rings is 1. The maximum atomic E-state index is 6.26. The van der Waals surface area contributed by atoms with Crippen molar-refractivity contribution in [3.05, 3.63) is 27.7 Å². The van der Waals surface area contributed by atoms with Gasteiger partial charge < -0.3 is 5.32 Å². The second kappa shape index (κ2) is 5.71. The molecule has 1 N–H and O–H groups in total. The molecule has 2 rings (SSSR count). The van der Waals surface area contributed by atoms with Crippen LogP contribution in [-0.2, 0) is 0 Å². The van der Waals surface area contributed by atoms with E-state index >= 15 is 0 Å². The lowest BCUT2D eigenvalue weighted by Gasteiger charge is -2.33. The third kappa shape index (κ3) is 3.13. The van der Waals surface area contributed by atoms with Gasteiger partial charge in [0, 0.05) is 11.1 Å². The number of halogens is 2. The van der Waals surface area contributed by atoms with Gasteiger partial charge in [-0.25, -0.2) is 0 Å². The molecule has 0 aliphatic heterocycles. The second-order valence-electron chi connectivity index (χ2n) is 5.69. The summed E-state index contributed by atoms with van der Waals surface area (Å²) in [7, 11) is 0. The molecule has 0 heterocycles. The number of aryl methyl sites for hydroxylation is 1. The van der Waals surface area contributed by atoms with Gasteiger partial charge in [0.2, 0.25) is 0 Å². The zero-order chi connectivity index (χ0) is 13.3. The summed E-state index contributed by atoms with van der Waals surface area (Å²) < 4.78 is 0. The zero-order valence-corrected chi connectivity index (χ0v) is 12.8. The summed E-state index contributed by atoms with van der Waals surface area (Å²) in [6.07, 6.45) is 3.71. The topological polar surface area (TPSA) is 12.0 Å². The largest absolute Gasteiger partial charge is 0.381 e. The van der Waals surface area contributed by atoms with Gasteiger partial charge in [-0.1, -0.05) is 37.0 Å². The Morgan fingerprint density at radius 2 is 1.78 bits per heavy atom. The van der Waals surface area contributed by atoms with Crippen molar-refractivity contribution in [2.45, 2.75) is 46.1 Å². The highest BCUT2D eigenvalue weighted by Crippen LogP contribution is 2.34. The van der Waals surface area contributed by atoms with Crippen LogP contribution in [0.5, 0.6) is 0 Å². The number of rotatable bonds is 2. The summed E-state index contributed by atoms with van der Waals surface area (Å²) in [6.45, 7) is 6.65. The molecular formula is C15H21Cl2N. The zero-order valence-electron chi connectivity index (χ0n) is 11.3. The van der Waals surface area contributed by atoms with Gasteiger partial charge in [0.1, 0.15) is 0 Å². The monoisotopic (exact) mass is 285 g/mol. The van der Waals surface area contributed by atoms with Crippen LogP contribution in [0.25, 0.3) is 0 Å². The van der Waals surface area contributed by atoms with E-state index < -0.39 is 0 Å². The van der Waals surface area contributed by atoms with Gasteiger partial charge in [0.25, 0.3) is 0 Å². The highest BCUT2D eigenvalue weighted by Gasteiger charge is 2.24. The van der Waals surface area contributed by atoms with E-state index in [1.807, 2.05) is 19.1 Å². The maximum absolute atomic E-state index is 6.26. The molecule has 18 heavy (non-hydrogen) atoms. The highest BCUT2D eigenvalue weighted by atomic mass is 35.5. The van der Waals surface area contributed by atoms with E-state index in [-0.39, 0.29) is 0 Å². The van der Waals surface area contributed by atoms with E-state index in [2.05, 4.69) is 19.2 Å². The molecule has 3 unspecified atom stereocenters. The number of hydrogen-bond donors (Lipinski definition) is 1. The van der Waals surface area contributed by atoms with E-state index in [9.17, 15) is 0 Å². The Morgan fingerprint density at radius 3 is 2.44 bits per heavy atom. The molecule has 1 nitrogen and oxygen atoms in total. The molecule has 0 spiro atoms. The average molecular weight is 286 g/mol. The first kappa shape index (κ1) is 14.0. The van der Waals surface area contributed by atoms with Gasteiger partial charge in [-0.05, 0) is 55.7 Å². The lowest BCUT2D eigenvalue weighted by molar-refractivity contribution is 0.261. The van der Waals surface area contributed by atoms with Crippen LogP contribution in [0.2, 0.25) is 10.0 Å². The van der Waals surface area contributed by atoms with Crippen LogP contribution in [0.1, 0.15) is 38.7 Å². The van der Waals surface area contributed by atoms with E-state index in [0.29, 0.717) is 6.04 Å². The van der Waals surface area contributed by atoms with Crippen LogP contribution in [-0.4, -0.2) is 6.04 Å². The fraction of sp³-hybridized carbons (Fsp3) is 0.600. The SMILES string of the molecule is Cc1cc(Cl)c(NC2CCC(C)C(C)C2)cc1Cl. The quantitative estimate of drug-likeness (QED) is 0.752. The van der Waals surface area contributed by atoms with Crippen LogP contribution >= 0.6 is 23.2 Å². The van der Waals surface area contributed by atoms with Gasteiger partial charge >= 0.3 is 0 Å². The number of anilines is 1. The van der Waals surface area contributed by atoms with Crippen LogP contribution in [0.3, 0.4) is 0 Å². The van der Waals surface area contributed by atoms with Crippen molar-refractivity contribution in [1.82, 2.24) is 0 Å². The fourth-order valence-corrected chi connectivity index (χ4v) is 3.09. The Morgan fingerprint density at radius 1 is 1.06 bits per heavy atom. The van der Waals surface area contributed by atoms with Gasteiger partial charge in [0.15, 0.2) is 0 Å². The molecule has 1 aromatic carbocycles. The Bertz CT molecular complexity index is 431. The summed E-state index contributed by atoms with van der Waals surface area (Å²) >= 11 is 12.4. The Labute approximate surface area is 120 Å². The molecule has 1 aromatic rings. The highest BCUT2D eigenvalue weighted by molar-refractivity contribution is 6.35. The molecule has 3 atom stereocenters. The number of hydrogen-bond acceptors (Lipinski definition) is 1. The third-order valence-electron chi connectivity index (χ3n) is 4.21. The number of nitrogens with one attached hydrogen (secondary N) is 1. The average Bonchev–Trinajstić information content (AvgIpc) is 2.31. The van der Waals surface area contributed by atoms with Crippen molar-refractivity contribution in [2.24, 2.45) is 11.8 Å². The third-order valence-corrected chi connectivity index (χ3v) is 4.93. The molecule has 0 saturated heterocycles. The molecule has 0 aromatic heterocycles. The molecule has 1 fully saturated rings. The molecule has 3 heteroatoms. The van der Waals surface area contributed by atoms with E-state index in [1.54, 1.807) is 0 Å². The fourth-order valence-electron chi connectivity index (χ4n) is 2.66. The first-order chi connectivity index (χ1) is 8.47. The summed E-state index contributed by atoms with van der Waals surface area (Å²) in [4.78, 5) is 0. The first-order valence-electron chi connectivity index (χ1n) is 6.69. The van der Waals surface area contributed by atoms with Crippen molar-refractivity contribution in [2.75, 3.05) is 5.32 Å². The summed E-state index contributed by atoms with van der Waals surface area (Å²) in [5.41, 5.74) is 2.00. The van der Waals surface area contributed by atoms with E-state index in [0.717, 1.165) is 33.1 Å². The predicted molar refractivity (Wildman–Crippen MR) is 80.8 cm³/mol. The minimum absolute atomic E-state index is 0.521. The predicted octanol–water partition coefficient (Wildman–Crippen LogP) is 5.54. The molecule has 0 bridgehead atoms. The standard InChI is InChI=1S/C15H21Cl2N/c1-9-4-5-12(6-10(9)2)18-15-8-13(16)11(3)7-14(15)17/h7-10,12,18H,4-6H2,1-3H3. The van der Waals surface area contributed by atoms with Crippen LogP contribution in [0.4, 0.5) is 5.69 Å². The van der Waals surface area contributed by atoms with Crippen molar-refractivity contribution in [3.8, 4) is 0 Å². The Kier molecular flexibility index (Phi) is 4.45. The summed E-state index contributed by atoms with van der Waals surface area (Å²) in [5.74, 6) is 1.61. The summed E-state index contributed by atoms with van der Waals surface area (Å²) in [5, 5.41) is 5.10. The van der Waals surface area contributed by atoms with E-state index in [1.165, 1.54) is 19.3 Å². The van der Waals surface area contributed by atoms with Crippen LogP contribution in [0.15, 0.2) is 12.1 Å². The lowest BCUT2D eigenvalue weighted by atomic mass is 9.79. The molecule has 1 saturated carbocycles. The van der Waals surface area contributed by atoms with E-state index in [4.69, 9.17) is 23.2 Å². The van der Waals surface area contributed by atoms with Gasteiger partial charge in [-0.2, -0.15) is 0 Å². The van der Waals surface area contributed by atoms with Crippen molar-refractivity contribution < 1.29 is 0 Å². The second-order valence-corrected chi connectivity index (χ2v) is 6.50. The molecule has 0 amide bonds. The minimum Gasteiger partial charge on any atom is -0.381 e. The molecular weight excluding hydrogens is 265 g/mol. The first-order valence-corrected chi connectivity index (χ1v) is 7.45. The van der Waals surface area contributed by atoms with Crippen molar-refractivity contribution in [1.29, 1.82) is 0 Å². The molecule has 0 radical (unpaired) electrons. The maximum Gasteiger partial charge on any atom is 0.0641 e. The van der Waals surface area contributed by atoms with Crippen LogP contribution in [0, 0.1) is 18.8 Å². The lowest BCUT2D eigenvalue weighted by Crippen LogP contribution is -2.30. The smallest absolute Gasteiger partial charge is 0.0641 e. The summed E-state index contributed by atoms with van der Waals surface area (Å²) in [6, 6.07) is 4.40. The van der Waals surface area contributed by atoms with Gasteiger partial charge in [-0.3, -0.25) is 0 Å². The van der Waals surface area contributed by atoms with Crippen molar-refractivity contribution >= 4 is 28.9 Å². The van der Waals surface area contributed by atoms with Gasteiger partial charge in [0.05, 0.1) is 10.7 Å². The Balaban J connectivity index is 2.08. The minimum atomic E-state index is 0.521. The van der Waals surface area contributed by atoms with Gasteiger partial charge in [-0.15, -0.1) is 0 Å². The molecule has 100 valence electrons. The molecule has 1 aliphatic carbocycles.